The van der Waals surface area contributed by atoms with Gasteiger partial charge in [-0.15, -0.1) is 0 Å². The number of carbonyl (C=O) groups is 1. The van der Waals surface area contributed by atoms with Crippen LogP contribution in [-0.2, 0) is 4.79 Å². The molecule has 0 aromatic rings. The van der Waals surface area contributed by atoms with Crippen LogP contribution in [0.5, 0.6) is 0 Å². The van der Waals surface area contributed by atoms with Gasteiger partial charge in [-0.3, -0.25) is 4.79 Å². The minimum absolute atomic E-state index is 0.0854. The summed E-state index contributed by atoms with van der Waals surface area (Å²) in [7, 11) is 0. The maximum Gasteiger partial charge on any atom is 0.224 e. The van der Waals surface area contributed by atoms with E-state index in [9.17, 15) is 4.79 Å². The molecule has 0 atom stereocenters. The van der Waals surface area contributed by atoms with E-state index in [2.05, 4.69) is 37.4 Å². The Labute approximate surface area is 84.4 Å². The first-order chi connectivity index (χ1) is 6.57. The quantitative estimate of drug-likeness (QED) is 0.622. The van der Waals surface area contributed by atoms with E-state index in [-0.39, 0.29) is 11.3 Å². The number of rotatable bonds is 0. The van der Waals surface area contributed by atoms with E-state index in [1.165, 1.54) is 5.57 Å². The van der Waals surface area contributed by atoms with Crippen molar-refractivity contribution in [1.29, 1.82) is 0 Å². The highest BCUT2D eigenvalue weighted by Gasteiger charge is 2.18. The largest absolute Gasteiger partial charge is 0.326 e. The van der Waals surface area contributed by atoms with E-state index >= 15 is 0 Å². The third-order valence-electron chi connectivity index (χ3n) is 2.64. The molecule has 2 nitrogen and oxygen atoms in total. The van der Waals surface area contributed by atoms with E-state index in [1.807, 2.05) is 6.08 Å². The molecule has 1 aliphatic heterocycles. The topological polar surface area (TPSA) is 29.1 Å². The van der Waals surface area contributed by atoms with Gasteiger partial charge in [0, 0.05) is 17.5 Å². The molecular formula is C12H15NO. The van der Waals surface area contributed by atoms with Crippen LogP contribution in [0.25, 0.3) is 0 Å². The van der Waals surface area contributed by atoms with Gasteiger partial charge in [0.1, 0.15) is 0 Å². The van der Waals surface area contributed by atoms with E-state index in [1.54, 1.807) is 0 Å². The van der Waals surface area contributed by atoms with Gasteiger partial charge in [0.2, 0.25) is 5.91 Å². The highest BCUT2D eigenvalue weighted by atomic mass is 16.1. The molecule has 0 radical (unpaired) electrons. The molecule has 0 saturated carbocycles. The molecule has 2 rings (SSSR count). The van der Waals surface area contributed by atoms with E-state index < -0.39 is 0 Å². The second kappa shape index (κ2) is 3.12. The average Bonchev–Trinajstić information content (AvgIpc) is 2.26. The van der Waals surface area contributed by atoms with Gasteiger partial charge in [-0.05, 0) is 18.1 Å². The Kier molecular flexibility index (Phi) is 2.06. The molecule has 0 aromatic heterocycles. The Morgan fingerprint density at radius 2 is 1.93 bits per heavy atom. The molecular weight excluding hydrogens is 174 g/mol. The molecule has 0 saturated heterocycles. The molecule has 1 aliphatic carbocycles. The molecule has 2 aliphatic rings. The fourth-order valence-electron chi connectivity index (χ4n) is 1.67. The van der Waals surface area contributed by atoms with Gasteiger partial charge in [0.15, 0.2) is 0 Å². The van der Waals surface area contributed by atoms with Crippen LogP contribution < -0.4 is 5.32 Å². The zero-order valence-electron chi connectivity index (χ0n) is 8.63. The van der Waals surface area contributed by atoms with Crippen molar-refractivity contribution in [3.05, 3.63) is 35.6 Å². The van der Waals surface area contributed by atoms with Gasteiger partial charge in [0.25, 0.3) is 0 Å². The lowest BCUT2D eigenvalue weighted by atomic mass is 9.93. The van der Waals surface area contributed by atoms with Gasteiger partial charge >= 0.3 is 0 Å². The normalized spacial score (nSPS) is 24.3. The van der Waals surface area contributed by atoms with Crippen LogP contribution in [0.1, 0.15) is 26.7 Å². The molecule has 1 heterocycles. The Balaban J connectivity index is 2.34. The molecule has 14 heavy (non-hydrogen) atoms. The standard InChI is InChI=1S/C12H15NO/c1-12(2)7-5-9-3-4-11(14)13-10(9)6-8-12/h5-8H,3-4H2,1-2H3,(H,13,14). The summed E-state index contributed by atoms with van der Waals surface area (Å²) in [5, 5.41) is 2.90. The van der Waals surface area contributed by atoms with Gasteiger partial charge in [0.05, 0.1) is 0 Å². The summed E-state index contributed by atoms with van der Waals surface area (Å²) >= 11 is 0. The van der Waals surface area contributed by atoms with Crippen molar-refractivity contribution in [1.82, 2.24) is 5.32 Å². The smallest absolute Gasteiger partial charge is 0.224 e. The lowest BCUT2D eigenvalue weighted by Gasteiger charge is -2.15. The zero-order valence-corrected chi connectivity index (χ0v) is 8.63. The first-order valence-electron chi connectivity index (χ1n) is 4.98. The van der Waals surface area contributed by atoms with Crippen LogP contribution >= 0.6 is 0 Å². The summed E-state index contributed by atoms with van der Waals surface area (Å²) in [6.07, 6.45) is 9.93. The van der Waals surface area contributed by atoms with Gasteiger partial charge in [-0.1, -0.05) is 32.1 Å². The van der Waals surface area contributed by atoms with Crippen LogP contribution in [0, 0.1) is 5.41 Å². The van der Waals surface area contributed by atoms with Crippen molar-refractivity contribution in [3.63, 3.8) is 0 Å². The summed E-state index contributed by atoms with van der Waals surface area (Å²) in [5.41, 5.74) is 2.30. The minimum Gasteiger partial charge on any atom is -0.326 e. The fraction of sp³-hybridized carbons (Fsp3) is 0.417. The fourth-order valence-corrected chi connectivity index (χ4v) is 1.67. The molecule has 1 N–H and O–H groups in total. The highest BCUT2D eigenvalue weighted by Crippen LogP contribution is 2.27. The number of carbonyl (C=O) groups excluding carboxylic acids is 1. The van der Waals surface area contributed by atoms with Gasteiger partial charge < -0.3 is 5.32 Å². The Morgan fingerprint density at radius 1 is 1.21 bits per heavy atom. The van der Waals surface area contributed by atoms with Crippen LogP contribution in [0.3, 0.4) is 0 Å². The Morgan fingerprint density at radius 3 is 2.71 bits per heavy atom. The lowest BCUT2D eigenvalue weighted by molar-refractivity contribution is -0.120. The number of nitrogens with one attached hydrogen (secondary N) is 1. The summed E-state index contributed by atoms with van der Waals surface area (Å²) in [6.45, 7) is 4.31. The molecule has 1 amide bonds. The first kappa shape index (κ1) is 9.25. The van der Waals surface area contributed by atoms with Crippen molar-refractivity contribution in [2.45, 2.75) is 26.7 Å². The van der Waals surface area contributed by atoms with E-state index in [0.29, 0.717) is 6.42 Å². The number of amides is 1. The lowest BCUT2D eigenvalue weighted by Crippen LogP contribution is -2.26. The van der Waals surface area contributed by atoms with Gasteiger partial charge in [-0.25, -0.2) is 0 Å². The second-order valence-electron chi connectivity index (χ2n) is 4.48. The van der Waals surface area contributed by atoms with E-state index in [4.69, 9.17) is 0 Å². The molecule has 0 spiro atoms. The number of hydrogen-bond acceptors (Lipinski definition) is 1. The maximum absolute atomic E-state index is 11.2. The van der Waals surface area contributed by atoms with Crippen molar-refractivity contribution >= 4 is 5.91 Å². The van der Waals surface area contributed by atoms with Crippen molar-refractivity contribution < 1.29 is 4.79 Å². The minimum atomic E-state index is 0.0854. The maximum atomic E-state index is 11.2. The second-order valence-corrected chi connectivity index (χ2v) is 4.48. The monoisotopic (exact) mass is 189 g/mol. The molecule has 0 fully saturated rings. The average molecular weight is 189 g/mol. The number of allylic oxidation sites excluding steroid dienone is 5. The van der Waals surface area contributed by atoms with Crippen molar-refractivity contribution in [2.24, 2.45) is 5.41 Å². The van der Waals surface area contributed by atoms with Crippen LogP contribution in [-0.4, -0.2) is 5.91 Å². The van der Waals surface area contributed by atoms with Gasteiger partial charge in [-0.2, -0.15) is 0 Å². The van der Waals surface area contributed by atoms with Crippen molar-refractivity contribution in [3.8, 4) is 0 Å². The predicted molar refractivity (Wildman–Crippen MR) is 56.5 cm³/mol. The molecule has 0 unspecified atom stereocenters. The van der Waals surface area contributed by atoms with Crippen molar-refractivity contribution in [2.75, 3.05) is 0 Å². The Bertz CT molecular complexity index is 359. The Hall–Kier alpha value is -1.31. The highest BCUT2D eigenvalue weighted by molar-refractivity contribution is 5.80. The predicted octanol–water partition coefficient (Wildman–Crippen LogP) is 2.30. The van der Waals surface area contributed by atoms with E-state index in [0.717, 1.165) is 12.1 Å². The molecule has 74 valence electrons. The summed E-state index contributed by atoms with van der Waals surface area (Å²) < 4.78 is 0. The summed E-state index contributed by atoms with van der Waals surface area (Å²) in [4.78, 5) is 11.2. The van der Waals surface area contributed by atoms with Crippen LogP contribution in [0.15, 0.2) is 35.6 Å². The van der Waals surface area contributed by atoms with Crippen LogP contribution in [0.4, 0.5) is 0 Å². The molecule has 0 bridgehead atoms. The summed E-state index contributed by atoms with van der Waals surface area (Å²) in [6, 6.07) is 0. The number of hydrogen-bond donors (Lipinski definition) is 1. The third-order valence-corrected chi connectivity index (χ3v) is 2.64. The third kappa shape index (κ3) is 1.79. The molecule has 0 aromatic carbocycles. The first-order valence-corrected chi connectivity index (χ1v) is 4.98. The summed E-state index contributed by atoms with van der Waals surface area (Å²) in [5.74, 6) is 0.126. The molecule has 2 heteroatoms. The SMILES string of the molecule is CC1(C)C=CC2=C(C=C1)NC(=O)CC2. The van der Waals surface area contributed by atoms with Crippen LogP contribution in [0.2, 0.25) is 0 Å². The zero-order chi connectivity index (χ0) is 10.2.